The number of ether oxygens (including phenoxy) is 1. The third-order valence-corrected chi connectivity index (χ3v) is 3.62. The molecule has 0 fully saturated rings. The second-order valence-corrected chi connectivity index (χ2v) is 5.67. The lowest BCUT2D eigenvalue weighted by Crippen LogP contribution is -2.18. The van der Waals surface area contributed by atoms with E-state index in [9.17, 15) is 0 Å². The number of aryl methyl sites for hydroxylation is 1. The summed E-state index contributed by atoms with van der Waals surface area (Å²) in [5, 5.41) is 3.20. The van der Waals surface area contributed by atoms with Crippen molar-refractivity contribution in [3.8, 4) is 5.75 Å². The maximum Gasteiger partial charge on any atom is 0.127 e. The molecule has 0 radical (unpaired) electrons. The smallest absolute Gasteiger partial charge is 0.127 e. The molecule has 0 spiro atoms. The van der Waals surface area contributed by atoms with Crippen LogP contribution in [0.15, 0.2) is 28.8 Å². The molecule has 1 aliphatic rings. The van der Waals surface area contributed by atoms with Crippen LogP contribution in [0.5, 0.6) is 5.75 Å². The predicted octanol–water partition coefficient (Wildman–Crippen LogP) is 3.96. The Kier molecular flexibility index (Phi) is 4.84. The minimum Gasteiger partial charge on any atom is -0.486 e. The van der Waals surface area contributed by atoms with Gasteiger partial charge in [-0.15, -0.1) is 0 Å². The van der Waals surface area contributed by atoms with Gasteiger partial charge in [-0.3, -0.25) is 0 Å². The van der Waals surface area contributed by atoms with Crippen molar-refractivity contribution in [3.63, 3.8) is 0 Å². The van der Waals surface area contributed by atoms with Crippen LogP contribution >= 0.6 is 15.9 Å². The summed E-state index contributed by atoms with van der Waals surface area (Å²) in [6, 6.07) is 4.24. The Morgan fingerprint density at radius 2 is 2.28 bits per heavy atom. The zero-order valence-electron chi connectivity index (χ0n) is 11.0. The molecule has 0 saturated heterocycles. The topological polar surface area (TPSA) is 21.3 Å². The Morgan fingerprint density at radius 1 is 1.44 bits per heavy atom. The van der Waals surface area contributed by atoms with Gasteiger partial charge < -0.3 is 10.1 Å². The lowest BCUT2D eigenvalue weighted by molar-refractivity contribution is 0.226. The van der Waals surface area contributed by atoms with Crippen molar-refractivity contribution < 1.29 is 4.74 Å². The van der Waals surface area contributed by atoms with Gasteiger partial charge in [0.2, 0.25) is 0 Å². The minimum absolute atomic E-state index is 0.231. The molecule has 1 unspecified atom stereocenters. The normalized spacial score (nSPS) is 18.9. The first kappa shape index (κ1) is 13.6. The van der Waals surface area contributed by atoms with Gasteiger partial charge in [0.25, 0.3) is 0 Å². The molecule has 2 rings (SSSR count). The third-order valence-electron chi connectivity index (χ3n) is 3.16. The van der Waals surface area contributed by atoms with Gasteiger partial charge >= 0.3 is 0 Å². The summed E-state index contributed by atoms with van der Waals surface area (Å²) in [5.41, 5.74) is 2.40. The molecule has 0 aromatic heterocycles. The minimum atomic E-state index is 0.231. The molecule has 1 aromatic rings. The summed E-state index contributed by atoms with van der Waals surface area (Å²) in [6.07, 6.45) is 8.16. The van der Waals surface area contributed by atoms with Crippen molar-refractivity contribution in [2.24, 2.45) is 0 Å². The van der Waals surface area contributed by atoms with Crippen molar-refractivity contribution in [2.75, 3.05) is 7.05 Å². The second kappa shape index (κ2) is 6.39. The first-order valence-electron chi connectivity index (χ1n) is 6.47. The van der Waals surface area contributed by atoms with Crippen LogP contribution < -0.4 is 10.1 Å². The molecule has 0 aliphatic heterocycles. The summed E-state index contributed by atoms with van der Waals surface area (Å²) in [5.74, 6) is 1.03. The fraction of sp³-hybridized carbons (Fsp3) is 0.467. The standard InChI is InChI=1S/C15H20BrNO/c1-11-8-13(16)9-12(10-17-2)15(11)18-14-6-4-3-5-7-14/h4,6,8-9,14,17H,3,5,7,10H2,1-2H3. The first-order valence-corrected chi connectivity index (χ1v) is 7.27. The molecule has 0 bridgehead atoms. The second-order valence-electron chi connectivity index (χ2n) is 4.76. The van der Waals surface area contributed by atoms with E-state index >= 15 is 0 Å². The summed E-state index contributed by atoms with van der Waals surface area (Å²) in [6.45, 7) is 2.93. The van der Waals surface area contributed by atoms with Crippen LogP contribution in [0.2, 0.25) is 0 Å². The highest BCUT2D eigenvalue weighted by Crippen LogP contribution is 2.30. The van der Waals surface area contributed by atoms with E-state index in [0.29, 0.717) is 0 Å². The van der Waals surface area contributed by atoms with Gasteiger partial charge in [-0.1, -0.05) is 22.0 Å². The van der Waals surface area contributed by atoms with E-state index in [2.05, 4.69) is 52.5 Å². The Hall–Kier alpha value is -0.800. The molecule has 18 heavy (non-hydrogen) atoms. The maximum atomic E-state index is 6.18. The van der Waals surface area contributed by atoms with Crippen molar-refractivity contribution >= 4 is 15.9 Å². The largest absolute Gasteiger partial charge is 0.486 e. The number of nitrogens with one attached hydrogen (secondary N) is 1. The van der Waals surface area contributed by atoms with Crippen molar-refractivity contribution in [1.82, 2.24) is 5.32 Å². The highest BCUT2D eigenvalue weighted by atomic mass is 79.9. The number of halogens is 1. The van der Waals surface area contributed by atoms with Gasteiger partial charge in [0.15, 0.2) is 0 Å². The Bertz CT molecular complexity index is 442. The predicted molar refractivity (Wildman–Crippen MR) is 79.0 cm³/mol. The van der Waals surface area contributed by atoms with Crippen LogP contribution in [-0.4, -0.2) is 13.2 Å². The van der Waals surface area contributed by atoms with Gasteiger partial charge in [-0.25, -0.2) is 0 Å². The molecular formula is C15H20BrNO. The molecule has 1 aromatic carbocycles. The van der Waals surface area contributed by atoms with Crippen LogP contribution in [0.25, 0.3) is 0 Å². The number of rotatable bonds is 4. The van der Waals surface area contributed by atoms with Crippen molar-refractivity contribution in [2.45, 2.75) is 38.8 Å². The lowest BCUT2D eigenvalue weighted by atomic mass is 10.0. The maximum absolute atomic E-state index is 6.18. The van der Waals surface area contributed by atoms with Gasteiger partial charge in [-0.05, 0) is 57.0 Å². The number of hydrogen-bond donors (Lipinski definition) is 1. The lowest BCUT2D eigenvalue weighted by Gasteiger charge is -2.22. The molecule has 1 atom stereocenters. The summed E-state index contributed by atoms with van der Waals surface area (Å²) in [7, 11) is 1.96. The monoisotopic (exact) mass is 309 g/mol. The summed E-state index contributed by atoms with van der Waals surface area (Å²) in [4.78, 5) is 0. The van der Waals surface area contributed by atoms with E-state index in [1.165, 1.54) is 24.0 Å². The van der Waals surface area contributed by atoms with Gasteiger partial charge in [0.05, 0.1) is 0 Å². The fourth-order valence-electron chi connectivity index (χ4n) is 2.32. The van der Waals surface area contributed by atoms with Crippen LogP contribution in [0, 0.1) is 6.92 Å². The molecule has 98 valence electrons. The molecule has 3 heteroatoms. The highest BCUT2D eigenvalue weighted by molar-refractivity contribution is 9.10. The average Bonchev–Trinajstić information content (AvgIpc) is 2.35. The molecule has 0 heterocycles. The van der Waals surface area contributed by atoms with E-state index in [0.717, 1.165) is 23.2 Å². The molecule has 0 saturated carbocycles. The average molecular weight is 310 g/mol. The van der Waals surface area contributed by atoms with Crippen molar-refractivity contribution in [3.05, 3.63) is 39.9 Å². The molecule has 1 N–H and O–H groups in total. The summed E-state index contributed by atoms with van der Waals surface area (Å²) >= 11 is 3.55. The van der Waals surface area contributed by atoms with E-state index in [-0.39, 0.29) is 6.10 Å². The number of hydrogen-bond acceptors (Lipinski definition) is 2. The van der Waals surface area contributed by atoms with Crippen LogP contribution in [-0.2, 0) is 6.54 Å². The zero-order valence-corrected chi connectivity index (χ0v) is 12.6. The third kappa shape index (κ3) is 3.36. The quantitative estimate of drug-likeness (QED) is 0.850. The number of allylic oxidation sites excluding steroid dienone is 1. The van der Waals surface area contributed by atoms with Gasteiger partial charge in [-0.2, -0.15) is 0 Å². The SMILES string of the molecule is CNCc1cc(Br)cc(C)c1OC1C=CCCC1. The van der Waals surface area contributed by atoms with Gasteiger partial charge in [0, 0.05) is 16.6 Å². The van der Waals surface area contributed by atoms with Crippen LogP contribution in [0.3, 0.4) is 0 Å². The van der Waals surface area contributed by atoms with Crippen molar-refractivity contribution in [1.29, 1.82) is 0 Å². The summed E-state index contributed by atoms with van der Waals surface area (Å²) < 4.78 is 7.29. The molecule has 1 aliphatic carbocycles. The van der Waals surface area contributed by atoms with E-state index in [4.69, 9.17) is 4.74 Å². The zero-order chi connectivity index (χ0) is 13.0. The Morgan fingerprint density at radius 3 is 2.94 bits per heavy atom. The highest BCUT2D eigenvalue weighted by Gasteiger charge is 2.14. The Labute approximate surface area is 118 Å². The molecular weight excluding hydrogens is 290 g/mol. The first-order chi connectivity index (χ1) is 8.70. The van der Waals surface area contributed by atoms with E-state index in [1.807, 2.05) is 7.05 Å². The van der Waals surface area contributed by atoms with Crippen LogP contribution in [0.1, 0.15) is 30.4 Å². The van der Waals surface area contributed by atoms with Crippen LogP contribution in [0.4, 0.5) is 0 Å². The van der Waals surface area contributed by atoms with Gasteiger partial charge in [0.1, 0.15) is 11.9 Å². The van der Waals surface area contributed by atoms with E-state index in [1.54, 1.807) is 0 Å². The Balaban J connectivity index is 2.24. The molecule has 2 nitrogen and oxygen atoms in total. The van der Waals surface area contributed by atoms with E-state index < -0.39 is 0 Å². The number of benzene rings is 1. The molecule has 0 amide bonds. The fourth-order valence-corrected chi connectivity index (χ4v) is 2.94.